The van der Waals surface area contributed by atoms with Crippen LogP contribution in [0.4, 0.5) is 0 Å². The van der Waals surface area contributed by atoms with Crippen LogP contribution in [0.1, 0.15) is 16.8 Å². The van der Waals surface area contributed by atoms with Gasteiger partial charge in [-0.1, -0.05) is 0 Å². The van der Waals surface area contributed by atoms with Gasteiger partial charge in [-0.3, -0.25) is 9.59 Å². The van der Waals surface area contributed by atoms with Gasteiger partial charge in [-0.05, 0) is 18.6 Å². The van der Waals surface area contributed by atoms with Gasteiger partial charge in [0.1, 0.15) is 17.5 Å². The molecule has 1 fully saturated rings. The summed E-state index contributed by atoms with van der Waals surface area (Å²) >= 11 is 0. The van der Waals surface area contributed by atoms with E-state index in [-0.39, 0.29) is 24.0 Å². The molecule has 0 aliphatic carbocycles. The normalized spacial score (nSPS) is 20.3. The topological polar surface area (TPSA) is 85.9 Å². The Balaban J connectivity index is 2.02. The first-order valence-electron chi connectivity index (χ1n) is 6.93. The Kier molecular flexibility index (Phi) is 5.21. The van der Waals surface area contributed by atoms with E-state index in [0.717, 1.165) is 0 Å². The van der Waals surface area contributed by atoms with Crippen molar-refractivity contribution >= 4 is 11.9 Å². The highest BCUT2D eigenvalue weighted by Gasteiger charge is 2.31. The van der Waals surface area contributed by atoms with Crippen molar-refractivity contribution in [2.24, 2.45) is 0 Å². The van der Waals surface area contributed by atoms with Crippen molar-refractivity contribution in [3.8, 4) is 11.5 Å². The van der Waals surface area contributed by atoms with E-state index in [4.69, 9.17) is 9.47 Å². The standard InChI is InChI=1S/C15H20N2O5/c1-20-10-4-5-11(13(7-10)21-2)14(18)17-9-6-12(16-8-9)15(19)22-3/h4-5,7,9,12,16H,6,8H2,1-3H3,(H,17,18)/t9-,12+/m1/s1. The van der Waals surface area contributed by atoms with E-state index < -0.39 is 0 Å². The minimum atomic E-state index is -0.381. The average Bonchev–Trinajstić information content (AvgIpc) is 3.01. The number of rotatable bonds is 5. The van der Waals surface area contributed by atoms with Crippen molar-refractivity contribution in [3.05, 3.63) is 23.8 Å². The molecule has 1 saturated heterocycles. The fourth-order valence-corrected chi connectivity index (χ4v) is 2.42. The van der Waals surface area contributed by atoms with E-state index in [9.17, 15) is 9.59 Å². The van der Waals surface area contributed by atoms with Gasteiger partial charge in [-0.2, -0.15) is 0 Å². The maximum atomic E-state index is 12.4. The molecule has 1 amide bonds. The first-order chi connectivity index (χ1) is 10.6. The molecule has 0 unspecified atom stereocenters. The molecule has 2 N–H and O–H groups in total. The summed E-state index contributed by atoms with van der Waals surface area (Å²) in [6.45, 7) is 0.518. The van der Waals surface area contributed by atoms with Crippen LogP contribution in [0, 0.1) is 0 Å². The summed E-state index contributed by atoms with van der Waals surface area (Å²) in [4.78, 5) is 23.8. The number of benzene rings is 1. The fourth-order valence-electron chi connectivity index (χ4n) is 2.42. The SMILES string of the molecule is COC(=O)[C@@H]1C[C@@H](NC(=O)c2ccc(OC)cc2OC)CN1. The fraction of sp³-hybridized carbons (Fsp3) is 0.467. The van der Waals surface area contributed by atoms with Gasteiger partial charge in [0, 0.05) is 18.7 Å². The maximum absolute atomic E-state index is 12.4. The molecular weight excluding hydrogens is 288 g/mol. The maximum Gasteiger partial charge on any atom is 0.322 e. The molecule has 0 bridgehead atoms. The highest BCUT2D eigenvalue weighted by molar-refractivity contribution is 5.97. The molecule has 1 aromatic rings. The second-order valence-corrected chi connectivity index (χ2v) is 4.96. The quantitative estimate of drug-likeness (QED) is 0.763. The lowest BCUT2D eigenvalue weighted by atomic mass is 10.1. The molecule has 22 heavy (non-hydrogen) atoms. The van der Waals surface area contributed by atoms with Crippen LogP contribution in [-0.4, -0.2) is 51.8 Å². The van der Waals surface area contributed by atoms with E-state index in [2.05, 4.69) is 15.4 Å². The summed E-state index contributed by atoms with van der Waals surface area (Å²) in [6.07, 6.45) is 0.497. The van der Waals surface area contributed by atoms with Crippen LogP contribution in [0.5, 0.6) is 11.5 Å². The summed E-state index contributed by atoms with van der Waals surface area (Å²) in [7, 11) is 4.39. The van der Waals surface area contributed by atoms with Gasteiger partial charge >= 0.3 is 5.97 Å². The van der Waals surface area contributed by atoms with Crippen LogP contribution >= 0.6 is 0 Å². The molecule has 1 heterocycles. The molecule has 2 atom stereocenters. The Morgan fingerprint density at radius 2 is 2.00 bits per heavy atom. The number of ether oxygens (including phenoxy) is 3. The van der Waals surface area contributed by atoms with Crippen molar-refractivity contribution in [1.82, 2.24) is 10.6 Å². The third kappa shape index (κ3) is 3.48. The van der Waals surface area contributed by atoms with Crippen molar-refractivity contribution in [2.45, 2.75) is 18.5 Å². The van der Waals surface area contributed by atoms with Gasteiger partial charge < -0.3 is 24.8 Å². The number of hydrogen-bond donors (Lipinski definition) is 2. The Hall–Kier alpha value is -2.28. The smallest absolute Gasteiger partial charge is 0.322 e. The van der Waals surface area contributed by atoms with Gasteiger partial charge in [-0.25, -0.2) is 0 Å². The van der Waals surface area contributed by atoms with Crippen molar-refractivity contribution in [2.75, 3.05) is 27.9 Å². The summed E-state index contributed by atoms with van der Waals surface area (Å²) in [5, 5.41) is 5.91. The van der Waals surface area contributed by atoms with Crippen LogP contribution in [0.25, 0.3) is 0 Å². The predicted molar refractivity (Wildman–Crippen MR) is 79.2 cm³/mol. The van der Waals surface area contributed by atoms with Crippen molar-refractivity contribution in [3.63, 3.8) is 0 Å². The minimum absolute atomic E-state index is 0.136. The van der Waals surface area contributed by atoms with Gasteiger partial charge in [0.2, 0.25) is 0 Å². The second kappa shape index (κ2) is 7.13. The third-order valence-corrected chi connectivity index (χ3v) is 3.61. The molecule has 2 rings (SSSR count). The van der Waals surface area contributed by atoms with Crippen molar-refractivity contribution in [1.29, 1.82) is 0 Å². The zero-order chi connectivity index (χ0) is 16.1. The molecular formula is C15H20N2O5. The minimum Gasteiger partial charge on any atom is -0.497 e. The van der Waals surface area contributed by atoms with E-state index in [1.807, 2.05) is 0 Å². The Labute approximate surface area is 128 Å². The van der Waals surface area contributed by atoms with E-state index in [0.29, 0.717) is 30.0 Å². The zero-order valence-corrected chi connectivity index (χ0v) is 12.8. The third-order valence-electron chi connectivity index (χ3n) is 3.61. The first kappa shape index (κ1) is 16.1. The highest BCUT2D eigenvalue weighted by Crippen LogP contribution is 2.24. The lowest BCUT2D eigenvalue weighted by Crippen LogP contribution is -2.36. The molecule has 0 spiro atoms. The monoisotopic (exact) mass is 308 g/mol. The molecule has 0 aromatic heterocycles. The lowest BCUT2D eigenvalue weighted by Gasteiger charge is -2.14. The summed E-state index contributed by atoms with van der Waals surface area (Å²) in [5.41, 5.74) is 0.421. The first-order valence-corrected chi connectivity index (χ1v) is 6.93. The average molecular weight is 308 g/mol. The number of hydrogen-bond acceptors (Lipinski definition) is 6. The van der Waals surface area contributed by atoms with E-state index in [1.54, 1.807) is 25.3 Å². The van der Waals surface area contributed by atoms with E-state index in [1.165, 1.54) is 14.2 Å². The molecule has 1 aromatic carbocycles. The van der Waals surface area contributed by atoms with Crippen LogP contribution in [-0.2, 0) is 9.53 Å². The molecule has 1 aliphatic heterocycles. The van der Waals surface area contributed by atoms with Crippen molar-refractivity contribution < 1.29 is 23.8 Å². The number of nitrogens with one attached hydrogen (secondary N) is 2. The molecule has 120 valence electrons. The largest absolute Gasteiger partial charge is 0.497 e. The molecule has 0 radical (unpaired) electrons. The predicted octanol–water partition coefficient (Wildman–Crippen LogP) is 0.337. The van der Waals surface area contributed by atoms with E-state index >= 15 is 0 Å². The molecule has 0 saturated carbocycles. The van der Waals surface area contributed by atoms with Crippen LogP contribution in [0.3, 0.4) is 0 Å². The second-order valence-electron chi connectivity index (χ2n) is 4.96. The molecule has 7 heteroatoms. The van der Waals surface area contributed by atoms with Gasteiger partial charge in [0.05, 0.1) is 26.9 Å². The Morgan fingerprint density at radius 1 is 1.23 bits per heavy atom. The van der Waals surface area contributed by atoms with Gasteiger partial charge in [0.15, 0.2) is 0 Å². The molecule has 7 nitrogen and oxygen atoms in total. The lowest BCUT2D eigenvalue weighted by molar-refractivity contribution is -0.142. The van der Waals surface area contributed by atoms with Crippen LogP contribution in [0.15, 0.2) is 18.2 Å². The van der Waals surface area contributed by atoms with Crippen LogP contribution in [0.2, 0.25) is 0 Å². The number of amides is 1. The Bertz CT molecular complexity index is 561. The van der Waals surface area contributed by atoms with Gasteiger partial charge in [0.25, 0.3) is 5.91 Å². The summed E-state index contributed by atoms with van der Waals surface area (Å²) < 4.78 is 15.0. The van der Waals surface area contributed by atoms with Gasteiger partial charge in [-0.15, -0.1) is 0 Å². The number of methoxy groups -OCH3 is 3. The number of esters is 1. The number of carbonyl (C=O) groups excluding carboxylic acids is 2. The highest BCUT2D eigenvalue weighted by atomic mass is 16.5. The summed E-state index contributed by atoms with van der Waals surface area (Å²) in [6, 6.07) is 4.48. The summed E-state index contributed by atoms with van der Waals surface area (Å²) in [5.74, 6) is 0.476. The Morgan fingerprint density at radius 3 is 2.64 bits per heavy atom. The molecule has 1 aliphatic rings. The number of carbonyl (C=O) groups is 2. The van der Waals surface area contributed by atoms with Crippen LogP contribution < -0.4 is 20.1 Å². The zero-order valence-electron chi connectivity index (χ0n) is 12.8.